The van der Waals surface area contributed by atoms with E-state index in [2.05, 4.69) is 6.58 Å². The second-order valence-corrected chi connectivity index (χ2v) is 2.95. The van der Waals surface area contributed by atoms with Crippen molar-refractivity contribution in [2.24, 2.45) is 0 Å². The smallest absolute Gasteiger partial charge is 0.202 e. The second-order valence-electron chi connectivity index (χ2n) is 2.95. The molecule has 0 saturated heterocycles. The van der Waals surface area contributed by atoms with E-state index in [4.69, 9.17) is 0 Å². The molecule has 0 radical (unpaired) electrons. The van der Waals surface area contributed by atoms with Crippen molar-refractivity contribution in [3.8, 4) is 0 Å². The van der Waals surface area contributed by atoms with E-state index in [1.54, 1.807) is 0 Å². The summed E-state index contributed by atoms with van der Waals surface area (Å²) in [6.07, 6.45) is 0.927. The van der Waals surface area contributed by atoms with Gasteiger partial charge in [-0.1, -0.05) is 36.9 Å². The van der Waals surface area contributed by atoms with Gasteiger partial charge in [0.15, 0.2) is 0 Å². The van der Waals surface area contributed by atoms with Crippen molar-refractivity contribution in [2.45, 2.75) is 18.8 Å². The third-order valence-corrected chi connectivity index (χ3v) is 1.89. The Bertz CT molecular complexity index is 265. The zero-order chi connectivity index (χ0) is 9.73. The topological polar surface area (TPSA) is 0 Å². The summed E-state index contributed by atoms with van der Waals surface area (Å²) in [5.74, 6) is -2.74. The molecule has 2 heteroatoms. The maximum absolute atomic E-state index is 12.7. The van der Waals surface area contributed by atoms with Crippen molar-refractivity contribution < 1.29 is 8.78 Å². The average Bonchev–Trinajstić information content (AvgIpc) is 2.17. The summed E-state index contributed by atoms with van der Waals surface area (Å²) in [4.78, 5) is 0. The lowest BCUT2D eigenvalue weighted by Crippen LogP contribution is -2.12. The minimum Gasteiger partial charge on any atom is -0.202 e. The highest BCUT2D eigenvalue weighted by molar-refractivity contribution is 5.15. The van der Waals surface area contributed by atoms with Gasteiger partial charge in [-0.25, -0.2) is 8.78 Å². The molecule has 0 aliphatic rings. The van der Waals surface area contributed by atoms with E-state index in [-0.39, 0.29) is 6.42 Å². The molecule has 0 spiro atoms. The molecular weight excluding hydrogens is 170 g/mol. The first-order chi connectivity index (χ1) is 6.14. The Morgan fingerprint density at radius 3 is 2.38 bits per heavy atom. The summed E-state index contributed by atoms with van der Waals surface area (Å²) in [7, 11) is 0. The number of benzene rings is 1. The minimum atomic E-state index is -2.74. The summed E-state index contributed by atoms with van der Waals surface area (Å²) in [5, 5.41) is 0. The Balaban J connectivity index is 2.48. The summed E-state index contributed by atoms with van der Waals surface area (Å²) in [6, 6.07) is 9.26. The molecule has 0 unspecified atom stereocenters. The number of aryl methyl sites for hydroxylation is 1. The quantitative estimate of drug-likeness (QED) is 0.626. The molecule has 70 valence electrons. The molecular formula is C11H12F2. The Kier molecular flexibility index (Phi) is 3.18. The molecule has 0 saturated carbocycles. The Morgan fingerprint density at radius 2 is 1.85 bits per heavy atom. The predicted octanol–water partition coefficient (Wildman–Crippen LogP) is 3.44. The van der Waals surface area contributed by atoms with Crippen LogP contribution in [-0.4, -0.2) is 5.92 Å². The molecule has 1 aromatic rings. The van der Waals surface area contributed by atoms with Crippen molar-refractivity contribution in [3.63, 3.8) is 0 Å². The van der Waals surface area contributed by atoms with Crippen LogP contribution >= 0.6 is 0 Å². The summed E-state index contributed by atoms with van der Waals surface area (Å²) in [6.45, 7) is 3.09. The fraction of sp³-hybridized carbons (Fsp3) is 0.273. The Labute approximate surface area is 76.9 Å². The number of allylic oxidation sites excluding steroid dienone is 1. The van der Waals surface area contributed by atoms with Gasteiger partial charge >= 0.3 is 0 Å². The second kappa shape index (κ2) is 4.17. The molecule has 0 heterocycles. The zero-order valence-corrected chi connectivity index (χ0v) is 7.34. The van der Waals surface area contributed by atoms with Crippen LogP contribution in [0.25, 0.3) is 0 Å². The van der Waals surface area contributed by atoms with E-state index in [1.165, 1.54) is 0 Å². The number of hydrogen-bond donors (Lipinski definition) is 0. The number of hydrogen-bond acceptors (Lipinski definition) is 0. The van der Waals surface area contributed by atoms with Crippen LogP contribution in [0, 0.1) is 0 Å². The van der Waals surface area contributed by atoms with Crippen LogP contribution in [-0.2, 0) is 6.42 Å². The first kappa shape index (κ1) is 9.90. The van der Waals surface area contributed by atoms with Gasteiger partial charge in [0.1, 0.15) is 0 Å². The van der Waals surface area contributed by atoms with Crippen LogP contribution in [0.2, 0.25) is 0 Å². The van der Waals surface area contributed by atoms with Crippen molar-refractivity contribution in [1.82, 2.24) is 0 Å². The number of halogens is 2. The SMILES string of the molecule is C=CC(F)(F)CCc1ccccc1. The van der Waals surface area contributed by atoms with Crippen molar-refractivity contribution in [3.05, 3.63) is 48.6 Å². The van der Waals surface area contributed by atoms with Crippen LogP contribution < -0.4 is 0 Å². The summed E-state index contributed by atoms with van der Waals surface area (Å²) >= 11 is 0. The molecule has 0 amide bonds. The standard InChI is InChI=1S/C11H12F2/c1-2-11(12,13)9-8-10-6-4-3-5-7-10/h2-7H,1,8-9H2. The van der Waals surface area contributed by atoms with E-state index in [0.717, 1.165) is 5.56 Å². The number of alkyl halides is 2. The van der Waals surface area contributed by atoms with Gasteiger partial charge in [0, 0.05) is 6.42 Å². The highest BCUT2D eigenvalue weighted by Gasteiger charge is 2.22. The van der Waals surface area contributed by atoms with E-state index in [9.17, 15) is 8.78 Å². The van der Waals surface area contributed by atoms with Crippen LogP contribution in [0.4, 0.5) is 8.78 Å². The Hall–Kier alpha value is -1.18. The van der Waals surface area contributed by atoms with Crippen molar-refractivity contribution in [2.75, 3.05) is 0 Å². The average molecular weight is 182 g/mol. The summed E-state index contributed by atoms with van der Waals surface area (Å²) in [5.41, 5.74) is 0.934. The lowest BCUT2D eigenvalue weighted by Gasteiger charge is -2.10. The molecule has 0 atom stereocenters. The molecule has 13 heavy (non-hydrogen) atoms. The van der Waals surface area contributed by atoms with Gasteiger partial charge in [-0.15, -0.1) is 0 Å². The van der Waals surface area contributed by atoms with E-state index in [1.807, 2.05) is 30.3 Å². The zero-order valence-electron chi connectivity index (χ0n) is 7.34. The van der Waals surface area contributed by atoms with Gasteiger partial charge in [0.05, 0.1) is 0 Å². The fourth-order valence-electron chi connectivity index (χ4n) is 1.06. The molecule has 0 nitrogen and oxygen atoms in total. The van der Waals surface area contributed by atoms with Crippen LogP contribution in [0.15, 0.2) is 43.0 Å². The lowest BCUT2D eigenvalue weighted by molar-refractivity contribution is 0.0464. The van der Waals surface area contributed by atoms with Crippen molar-refractivity contribution >= 4 is 0 Å². The largest absolute Gasteiger partial charge is 0.266 e. The summed E-state index contributed by atoms with van der Waals surface area (Å²) < 4.78 is 25.4. The molecule has 0 aliphatic heterocycles. The van der Waals surface area contributed by atoms with Crippen LogP contribution in [0.1, 0.15) is 12.0 Å². The number of rotatable bonds is 4. The molecule has 0 aliphatic carbocycles. The third-order valence-electron chi connectivity index (χ3n) is 1.89. The van der Waals surface area contributed by atoms with E-state index >= 15 is 0 Å². The lowest BCUT2D eigenvalue weighted by atomic mass is 10.1. The maximum Gasteiger partial charge on any atom is 0.266 e. The van der Waals surface area contributed by atoms with Gasteiger partial charge in [0.2, 0.25) is 0 Å². The van der Waals surface area contributed by atoms with E-state index in [0.29, 0.717) is 12.5 Å². The monoisotopic (exact) mass is 182 g/mol. The van der Waals surface area contributed by atoms with E-state index < -0.39 is 5.92 Å². The molecule has 0 N–H and O–H groups in total. The molecule has 1 rings (SSSR count). The molecule has 0 fully saturated rings. The van der Waals surface area contributed by atoms with Gasteiger partial charge in [-0.2, -0.15) is 0 Å². The van der Waals surface area contributed by atoms with Gasteiger partial charge in [-0.3, -0.25) is 0 Å². The highest BCUT2D eigenvalue weighted by atomic mass is 19.3. The first-order valence-electron chi connectivity index (χ1n) is 4.19. The predicted molar refractivity (Wildman–Crippen MR) is 49.9 cm³/mol. The maximum atomic E-state index is 12.7. The first-order valence-corrected chi connectivity index (χ1v) is 4.19. The fourth-order valence-corrected chi connectivity index (χ4v) is 1.06. The molecule has 0 bridgehead atoms. The highest BCUT2D eigenvalue weighted by Crippen LogP contribution is 2.21. The van der Waals surface area contributed by atoms with Gasteiger partial charge in [-0.05, 0) is 18.1 Å². The third kappa shape index (κ3) is 3.36. The van der Waals surface area contributed by atoms with Crippen LogP contribution in [0.3, 0.4) is 0 Å². The van der Waals surface area contributed by atoms with Gasteiger partial charge in [0.25, 0.3) is 5.92 Å². The van der Waals surface area contributed by atoms with Crippen molar-refractivity contribution in [1.29, 1.82) is 0 Å². The molecule has 1 aromatic carbocycles. The normalized spacial score (nSPS) is 11.2. The molecule has 0 aromatic heterocycles. The Morgan fingerprint density at radius 1 is 1.23 bits per heavy atom. The minimum absolute atomic E-state index is 0.166. The van der Waals surface area contributed by atoms with Crippen LogP contribution in [0.5, 0.6) is 0 Å². The van der Waals surface area contributed by atoms with Gasteiger partial charge < -0.3 is 0 Å².